The highest BCUT2D eigenvalue weighted by molar-refractivity contribution is 7.91. The first-order valence-corrected chi connectivity index (χ1v) is 14.6. The Morgan fingerprint density at radius 3 is 2.59 bits per heavy atom. The van der Waals surface area contributed by atoms with Crippen LogP contribution in [0.2, 0.25) is 5.02 Å². The summed E-state index contributed by atoms with van der Waals surface area (Å²) in [4.78, 5) is 27.5. The molecule has 0 atom stereocenters. The van der Waals surface area contributed by atoms with E-state index in [1.165, 1.54) is 12.1 Å². The van der Waals surface area contributed by atoms with E-state index < -0.39 is 27.0 Å². The summed E-state index contributed by atoms with van der Waals surface area (Å²) in [5, 5.41) is 6.32. The molecular formula is C26H29ClFN3O5S. The topological polar surface area (TPSA) is 105 Å². The summed E-state index contributed by atoms with van der Waals surface area (Å²) < 4.78 is 43.4. The highest BCUT2D eigenvalue weighted by atomic mass is 35.5. The molecule has 0 aliphatic carbocycles. The van der Waals surface area contributed by atoms with Crippen molar-refractivity contribution in [2.45, 2.75) is 37.1 Å². The third kappa shape index (κ3) is 5.46. The van der Waals surface area contributed by atoms with Crippen LogP contribution in [0.4, 0.5) is 10.1 Å². The second-order valence-electron chi connectivity index (χ2n) is 9.96. The van der Waals surface area contributed by atoms with Crippen LogP contribution in [0.1, 0.15) is 41.6 Å². The number of hydrogen-bond donors (Lipinski definition) is 2. The van der Waals surface area contributed by atoms with E-state index in [1.54, 1.807) is 12.1 Å². The largest absolute Gasteiger partial charge is 0.492 e. The van der Waals surface area contributed by atoms with Gasteiger partial charge in [0.1, 0.15) is 28.0 Å². The summed E-state index contributed by atoms with van der Waals surface area (Å²) >= 11 is 6.19. The third-order valence-electron chi connectivity index (χ3n) is 7.64. The predicted molar refractivity (Wildman–Crippen MR) is 138 cm³/mol. The number of nitrogens with zero attached hydrogens (tertiary/aromatic N) is 1. The van der Waals surface area contributed by atoms with Crippen LogP contribution in [0.25, 0.3) is 0 Å². The van der Waals surface area contributed by atoms with Gasteiger partial charge in [-0.2, -0.15) is 0 Å². The monoisotopic (exact) mass is 549 g/mol. The lowest BCUT2D eigenvalue weighted by Crippen LogP contribution is -2.47. The maximum atomic E-state index is 14.6. The number of nitrogens with one attached hydrogen (secondary N) is 2. The molecule has 0 unspecified atom stereocenters. The molecule has 2 fully saturated rings. The molecule has 5 rings (SSSR count). The van der Waals surface area contributed by atoms with Crippen molar-refractivity contribution in [1.82, 2.24) is 10.2 Å². The fourth-order valence-corrected chi connectivity index (χ4v) is 7.06. The summed E-state index contributed by atoms with van der Waals surface area (Å²) in [7, 11) is -3.04. The number of rotatable bonds is 6. The predicted octanol–water partition coefficient (Wildman–Crippen LogP) is 3.15. The van der Waals surface area contributed by atoms with Crippen molar-refractivity contribution in [3.8, 4) is 5.75 Å². The lowest BCUT2D eigenvalue weighted by atomic mass is 9.73. The first-order valence-electron chi connectivity index (χ1n) is 12.4. The van der Waals surface area contributed by atoms with Crippen LogP contribution in [0.15, 0.2) is 36.4 Å². The number of carbonyl (C=O) groups is 2. The maximum Gasteiger partial charge on any atom is 0.254 e. The normalized spacial score (nSPS) is 20.9. The highest BCUT2D eigenvalue weighted by Gasteiger charge is 2.48. The number of likely N-dealkylation sites (tertiary alicyclic amines) is 1. The minimum Gasteiger partial charge on any atom is -0.492 e. The van der Waals surface area contributed by atoms with Crippen LogP contribution in [0.3, 0.4) is 0 Å². The average molecular weight is 550 g/mol. The van der Waals surface area contributed by atoms with Crippen LogP contribution in [-0.4, -0.2) is 68.9 Å². The van der Waals surface area contributed by atoms with Gasteiger partial charge >= 0.3 is 0 Å². The van der Waals surface area contributed by atoms with Crippen molar-refractivity contribution in [1.29, 1.82) is 0 Å². The van der Waals surface area contributed by atoms with Gasteiger partial charge in [0.05, 0.1) is 22.5 Å². The highest BCUT2D eigenvalue weighted by Crippen LogP contribution is 2.45. The van der Waals surface area contributed by atoms with Gasteiger partial charge in [-0.3, -0.25) is 14.5 Å². The van der Waals surface area contributed by atoms with Gasteiger partial charge < -0.3 is 15.4 Å². The number of hydrogen-bond acceptors (Lipinski definition) is 6. The molecule has 2 saturated heterocycles. The van der Waals surface area contributed by atoms with Crippen LogP contribution in [0.5, 0.6) is 5.75 Å². The number of sulfone groups is 1. The van der Waals surface area contributed by atoms with E-state index in [2.05, 4.69) is 15.5 Å². The van der Waals surface area contributed by atoms with Crippen LogP contribution >= 0.6 is 11.6 Å². The minimum atomic E-state index is -3.04. The number of anilines is 1. The second-order valence-corrected chi connectivity index (χ2v) is 12.7. The molecule has 2 amide bonds. The number of carbonyl (C=O) groups excluding carboxylic acids is 2. The molecule has 2 N–H and O–H groups in total. The van der Waals surface area contributed by atoms with E-state index in [9.17, 15) is 22.4 Å². The van der Waals surface area contributed by atoms with Crippen LogP contribution in [-0.2, 0) is 20.0 Å². The zero-order chi connectivity index (χ0) is 26.2. The van der Waals surface area contributed by atoms with Crippen molar-refractivity contribution in [3.63, 3.8) is 0 Å². The molecule has 1 spiro atoms. The Morgan fingerprint density at radius 2 is 1.89 bits per heavy atom. The molecule has 0 saturated carbocycles. The third-order valence-corrected chi connectivity index (χ3v) is 9.59. The molecule has 37 heavy (non-hydrogen) atoms. The summed E-state index contributed by atoms with van der Waals surface area (Å²) in [6.45, 7) is 2.40. The van der Waals surface area contributed by atoms with Crippen molar-refractivity contribution in [2.24, 2.45) is 0 Å². The van der Waals surface area contributed by atoms with E-state index in [-0.39, 0.29) is 29.0 Å². The standard InChI is InChI=1S/C26H29ClFN3O5S/c27-17-1-4-23-21(15-17)26(25(33)30-23)7-9-31(10-8-26)11-12-36-19-2-3-20(22(28)16-19)24(32)29-18-5-13-37(34,35)14-6-18/h1-4,15-16,18H,5-14H2,(H,29,32)(H,30,33). The molecule has 198 valence electrons. The summed E-state index contributed by atoms with van der Waals surface area (Å²) in [6, 6.07) is 9.35. The number of amides is 2. The molecule has 0 bridgehead atoms. The Labute approximate surface area is 220 Å². The number of fused-ring (bicyclic) bond motifs is 2. The van der Waals surface area contributed by atoms with E-state index in [4.69, 9.17) is 16.3 Å². The molecule has 8 nitrogen and oxygen atoms in total. The quantitative estimate of drug-likeness (QED) is 0.573. The van der Waals surface area contributed by atoms with Crippen molar-refractivity contribution < 1.29 is 27.1 Å². The van der Waals surface area contributed by atoms with E-state index >= 15 is 0 Å². The summed E-state index contributed by atoms with van der Waals surface area (Å²) in [6.07, 6.45) is 2.02. The Kier molecular flexibility index (Phi) is 7.17. The van der Waals surface area contributed by atoms with E-state index in [1.807, 2.05) is 12.1 Å². The van der Waals surface area contributed by atoms with Gasteiger partial charge in [0.2, 0.25) is 5.91 Å². The van der Waals surface area contributed by atoms with Crippen LogP contribution < -0.4 is 15.4 Å². The van der Waals surface area contributed by atoms with Gasteiger partial charge in [0.15, 0.2) is 0 Å². The molecule has 2 aromatic carbocycles. The van der Waals surface area contributed by atoms with Crippen molar-refractivity contribution in [3.05, 3.63) is 58.4 Å². The first-order chi connectivity index (χ1) is 17.6. The Hall–Kier alpha value is -2.69. The second kappa shape index (κ2) is 10.2. The van der Waals surface area contributed by atoms with Crippen molar-refractivity contribution in [2.75, 3.05) is 43.1 Å². The van der Waals surface area contributed by atoms with Gasteiger partial charge in [-0.05, 0) is 74.7 Å². The van der Waals surface area contributed by atoms with Gasteiger partial charge in [0.25, 0.3) is 5.91 Å². The Bertz CT molecular complexity index is 1310. The number of halogens is 2. The fourth-order valence-electron chi connectivity index (χ4n) is 5.40. The van der Waals surface area contributed by atoms with Crippen LogP contribution in [0, 0.1) is 5.82 Å². The Balaban J connectivity index is 1.10. The molecule has 3 aliphatic rings. The summed E-state index contributed by atoms with van der Waals surface area (Å²) in [5.74, 6) is -0.851. The Morgan fingerprint density at radius 1 is 1.16 bits per heavy atom. The van der Waals surface area contributed by atoms with E-state index in [0.717, 1.165) is 24.3 Å². The molecular weight excluding hydrogens is 521 g/mol. The number of piperidine rings is 1. The van der Waals surface area contributed by atoms with Gasteiger partial charge in [-0.1, -0.05) is 11.6 Å². The number of ether oxygens (including phenoxy) is 1. The summed E-state index contributed by atoms with van der Waals surface area (Å²) in [5.41, 5.74) is 1.15. The average Bonchev–Trinajstić information content (AvgIpc) is 3.12. The smallest absolute Gasteiger partial charge is 0.254 e. The maximum absolute atomic E-state index is 14.6. The van der Waals surface area contributed by atoms with Crippen molar-refractivity contribution >= 4 is 38.9 Å². The molecule has 0 radical (unpaired) electrons. The molecule has 0 aromatic heterocycles. The first kappa shape index (κ1) is 25.9. The molecule has 3 aliphatic heterocycles. The molecule has 11 heteroatoms. The lowest BCUT2D eigenvalue weighted by molar-refractivity contribution is -0.122. The lowest BCUT2D eigenvalue weighted by Gasteiger charge is -2.38. The molecule has 2 aromatic rings. The zero-order valence-electron chi connectivity index (χ0n) is 20.3. The SMILES string of the molecule is O=C(NC1CCS(=O)(=O)CC1)c1ccc(OCCN2CCC3(CC2)C(=O)Nc2ccc(Cl)cc23)cc1F. The fraction of sp³-hybridized carbons (Fsp3) is 0.462. The van der Waals surface area contributed by atoms with Gasteiger partial charge in [0, 0.05) is 29.4 Å². The minimum absolute atomic E-state index is 0.0220. The van der Waals surface area contributed by atoms with Gasteiger partial charge in [-0.25, -0.2) is 12.8 Å². The number of benzene rings is 2. The molecule has 3 heterocycles. The zero-order valence-corrected chi connectivity index (χ0v) is 21.8. The van der Waals surface area contributed by atoms with E-state index in [0.29, 0.717) is 49.6 Å². The van der Waals surface area contributed by atoms with Gasteiger partial charge in [-0.15, -0.1) is 0 Å².